The Kier molecular flexibility index (Phi) is 4.39. The summed E-state index contributed by atoms with van der Waals surface area (Å²) < 4.78 is 38.5. The van der Waals surface area contributed by atoms with E-state index in [4.69, 9.17) is 11.1 Å². The lowest BCUT2D eigenvalue weighted by Gasteiger charge is -2.15. The Balaban J connectivity index is 2.46. The first-order valence-electron chi connectivity index (χ1n) is 6.56. The van der Waals surface area contributed by atoms with Crippen LogP contribution in [0.5, 0.6) is 0 Å². The van der Waals surface area contributed by atoms with Crippen molar-refractivity contribution >= 4 is 29.4 Å². The summed E-state index contributed by atoms with van der Waals surface area (Å²) in [7, 11) is 1.34. The van der Waals surface area contributed by atoms with Gasteiger partial charge in [0.05, 0.1) is 5.69 Å². The van der Waals surface area contributed by atoms with Gasteiger partial charge in [0.15, 0.2) is 0 Å². The molecule has 23 heavy (non-hydrogen) atoms. The number of rotatable bonds is 4. The molecule has 2 aromatic rings. The lowest BCUT2D eigenvalue weighted by Crippen LogP contribution is -2.13. The summed E-state index contributed by atoms with van der Waals surface area (Å²) in [5, 5.41) is 12.7. The zero-order valence-electron chi connectivity index (χ0n) is 12.4. The molecule has 0 aliphatic heterocycles. The first kappa shape index (κ1) is 16.5. The van der Waals surface area contributed by atoms with Gasteiger partial charge >= 0.3 is 6.18 Å². The SMILES string of the molecule is CNc1nc(Nc2c(C)ccc(N)c2C=N)ncc1C(F)(F)F. The molecule has 0 atom stereocenters. The lowest BCUT2D eigenvalue weighted by molar-refractivity contribution is -0.137. The Labute approximate surface area is 130 Å². The maximum absolute atomic E-state index is 12.8. The van der Waals surface area contributed by atoms with Gasteiger partial charge in [-0.05, 0) is 18.6 Å². The molecule has 0 radical (unpaired) electrons. The van der Waals surface area contributed by atoms with E-state index in [2.05, 4.69) is 20.6 Å². The summed E-state index contributed by atoms with van der Waals surface area (Å²) in [6.07, 6.45) is -2.79. The number of nitrogen functional groups attached to an aromatic ring is 1. The van der Waals surface area contributed by atoms with E-state index >= 15 is 0 Å². The zero-order chi connectivity index (χ0) is 17.2. The standard InChI is InChI=1S/C14H15F3N6/c1-7-3-4-10(19)8(5-18)11(7)22-13-21-6-9(14(15,16)17)12(20-2)23-13/h3-6,18H,19H2,1-2H3,(H2,20,21,22,23). The van der Waals surface area contributed by atoms with Crippen molar-refractivity contribution in [3.8, 4) is 0 Å². The highest BCUT2D eigenvalue weighted by Gasteiger charge is 2.35. The number of nitrogens with zero attached hydrogens (tertiary/aromatic N) is 2. The fourth-order valence-electron chi connectivity index (χ4n) is 2.02. The Bertz CT molecular complexity index is 742. The van der Waals surface area contributed by atoms with Gasteiger partial charge in [0.1, 0.15) is 11.4 Å². The first-order valence-corrected chi connectivity index (χ1v) is 6.56. The number of aryl methyl sites for hydroxylation is 1. The Morgan fingerprint density at radius 3 is 2.57 bits per heavy atom. The number of alkyl halides is 3. The van der Waals surface area contributed by atoms with Gasteiger partial charge in [-0.2, -0.15) is 18.2 Å². The molecule has 0 unspecified atom stereocenters. The highest BCUT2D eigenvalue weighted by Crippen LogP contribution is 2.34. The zero-order valence-corrected chi connectivity index (χ0v) is 12.4. The Morgan fingerprint density at radius 2 is 2.00 bits per heavy atom. The molecule has 2 rings (SSSR count). The van der Waals surface area contributed by atoms with Crippen molar-refractivity contribution in [2.24, 2.45) is 0 Å². The minimum atomic E-state index is -4.55. The van der Waals surface area contributed by atoms with Gasteiger partial charge in [-0.15, -0.1) is 0 Å². The lowest BCUT2D eigenvalue weighted by atomic mass is 10.1. The maximum Gasteiger partial charge on any atom is 0.421 e. The van der Waals surface area contributed by atoms with E-state index in [-0.39, 0.29) is 11.8 Å². The predicted molar refractivity (Wildman–Crippen MR) is 83.3 cm³/mol. The van der Waals surface area contributed by atoms with Crippen LogP contribution in [0, 0.1) is 12.3 Å². The molecule has 5 N–H and O–H groups in total. The maximum atomic E-state index is 12.8. The highest BCUT2D eigenvalue weighted by atomic mass is 19.4. The van der Waals surface area contributed by atoms with E-state index < -0.39 is 11.7 Å². The third kappa shape index (κ3) is 3.33. The van der Waals surface area contributed by atoms with Crippen molar-refractivity contribution in [2.75, 3.05) is 23.4 Å². The third-order valence-corrected chi connectivity index (χ3v) is 3.20. The molecule has 0 bridgehead atoms. The van der Waals surface area contributed by atoms with E-state index in [0.29, 0.717) is 23.1 Å². The minimum absolute atomic E-state index is 0.0286. The van der Waals surface area contributed by atoms with Crippen molar-refractivity contribution in [2.45, 2.75) is 13.1 Å². The second-order valence-corrected chi connectivity index (χ2v) is 4.73. The molecule has 122 valence electrons. The fourth-order valence-corrected chi connectivity index (χ4v) is 2.02. The van der Waals surface area contributed by atoms with Gasteiger partial charge in [-0.25, -0.2) is 4.98 Å². The first-order chi connectivity index (χ1) is 10.8. The summed E-state index contributed by atoms with van der Waals surface area (Å²) >= 11 is 0. The number of halogens is 3. The summed E-state index contributed by atoms with van der Waals surface area (Å²) in [4.78, 5) is 7.53. The van der Waals surface area contributed by atoms with Crippen molar-refractivity contribution in [3.63, 3.8) is 0 Å². The molecule has 1 aromatic carbocycles. The molecule has 0 saturated heterocycles. The van der Waals surface area contributed by atoms with E-state index in [1.165, 1.54) is 7.05 Å². The van der Waals surface area contributed by atoms with E-state index in [1.54, 1.807) is 19.1 Å². The minimum Gasteiger partial charge on any atom is -0.398 e. The third-order valence-electron chi connectivity index (χ3n) is 3.20. The largest absolute Gasteiger partial charge is 0.421 e. The molecule has 0 saturated carbocycles. The molecule has 1 heterocycles. The molecule has 0 spiro atoms. The fraction of sp³-hybridized carbons (Fsp3) is 0.214. The van der Waals surface area contributed by atoms with Crippen LogP contribution in [0.25, 0.3) is 0 Å². The molecular formula is C14H15F3N6. The van der Waals surface area contributed by atoms with Gasteiger partial charge in [0, 0.05) is 30.7 Å². The molecular weight excluding hydrogens is 309 g/mol. The topological polar surface area (TPSA) is 99.7 Å². The molecule has 9 heteroatoms. The molecule has 1 aromatic heterocycles. The van der Waals surface area contributed by atoms with E-state index in [0.717, 1.165) is 11.8 Å². The average Bonchev–Trinajstić information content (AvgIpc) is 2.50. The van der Waals surface area contributed by atoms with E-state index in [9.17, 15) is 13.2 Å². The number of hydrogen-bond acceptors (Lipinski definition) is 6. The predicted octanol–water partition coefficient (Wildman–Crippen LogP) is 3.17. The van der Waals surface area contributed by atoms with Crippen LogP contribution in [-0.2, 0) is 6.18 Å². The molecule has 0 fully saturated rings. The molecule has 0 amide bonds. The van der Waals surface area contributed by atoms with Crippen LogP contribution in [0.3, 0.4) is 0 Å². The second-order valence-electron chi connectivity index (χ2n) is 4.73. The van der Waals surface area contributed by atoms with Crippen molar-refractivity contribution in [1.29, 1.82) is 5.41 Å². The number of anilines is 4. The normalized spacial score (nSPS) is 11.2. The van der Waals surface area contributed by atoms with Crippen molar-refractivity contribution < 1.29 is 13.2 Å². The summed E-state index contributed by atoms with van der Waals surface area (Å²) in [5.74, 6) is -0.368. The molecule has 6 nitrogen and oxygen atoms in total. The highest BCUT2D eigenvalue weighted by molar-refractivity contribution is 5.94. The molecule has 0 aliphatic rings. The molecule has 0 aliphatic carbocycles. The smallest absolute Gasteiger partial charge is 0.398 e. The van der Waals surface area contributed by atoms with Crippen LogP contribution < -0.4 is 16.4 Å². The number of benzene rings is 1. The van der Waals surface area contributed by atoms with Gasteiger partial charge in [0.2, 0.25) is 5.95 Å². The number of nitrogens with one attached hydrogen (secondary N) is 3. The average molecular weight is 324 g/mol. The summed E-state index contributed by atoms with van der Waals surface area (Å²) in [5.41, 5.74) is 6.86. The van der Waals surface area contributed by atoms with Gasteiger partial charge in [0.25, 0.3) is 0 Å². The van der Waals surface area contributed by atoms with Crippen molar-refractivity contribution in [3.05, 3.63) is 35.0 Å². The Hall–Kier alpha value is -2.84. The summed E-state index contributed by atoms with van der Waals surface area (Å²) in [6.45, 7) is 1.78. The number of hydrogen-bond donors (Lipinski definition) is 4. The van der Waals surface area contributed by atoms with Crippen LogP contribution in [0.1, 0.15) is 16.7 Å². The monoisotopic (exact) mass is 324 g/mol. The van der Waals surface area contributed by atoms with Gasteiger partial charge < -0.3 is 21.8 Å². The quantitative estimate of drug-likeness (QED) is 0.511. The second kappa shape index (κ2) is 6.11. The number of nitrogens with two attached hydrogens (primary N) is 1. The van der Waals surface area contributed by atoms with Crippen LogP contribution in [0.15, 0.2) is 18.3 Å². The van der Waals surface area contributed by atoms with Gasteiger partial charge in [-0.1, -0.05) is 6.07 Å². The van der Waals surface area contributed by atoms with Crippen LogP contribution in [0.2, 0.25) is 0 Å². The Morgan fingerprint density at radius 1 is 1.30 bits per heavy atom. The van der Waals surface area contributed by atoms with Crippen molar-refractivity contribution in [1.82, 2.24) is 9.97 Å². The van der Waals surface area contributed by atoms with Crippen LogP contribution in [0.4, 0.5) is 36.3 Å². The van der Waals surface area contributed by atoms with Crippen LogP contribution >= 0.6 is 0 Å². The number of aromatic nitrogens is 2. The summed E-state index contributed by atoms with van der Waals surface area (Å²) in [6, 6.07) is 3.38. The van der Waals surface area contributed by atoms with Gasteiger partial charge in [-0.3, -0.25) is 0 Å². The van der Waals surface area contributed by atoms with Crippen LogP contribution in [-0.4, -0.2) is 23.2 Å². The van der Waals surface area contributed by atoms with E-state index in [1.807, 2.05) is 0 Å².